The Kier molecular flexibility index (Phi) is 9.25. The second kappa shape index (κ2) is 14.1. The van der Waals surface area contributed by atoms with E-state index in [1.54, 1.807) is 77.2 Å². The van der Waals surface area contributed by atoms with Crippen molar-refractivity contribution >= 4 is 52.2 Å². The summed E-state index contributed by atoms with van der Waals surface area (Å²) in [6.45, 7) is 1.32. The topological polar surface area (TPSA) is 114 Å². The van der Waals surface area contributed by atoms with Crippen molar-refractivity contribution in [1.29, 1.82) is 0 Å². The SMILES string of the molecule is COc1ccc(Nc2ncccc2C(=O)N2CCN(C(=O)c3cc(-c4ccc(Cl)c(Cl)c4)n4nc(-c5ccccc5)cc4n3)CC2)cc1OC. The van der Waals surface area contributed by atoms with Gasteiger partial charge in [0.05, 0.1) is 41.2 Å². The van der Waals surface area contributed by atoms with Gasteiger partial charge in [-0.1, -0.05) is 59.6 Å². The lowest BCUT2D eigenvalue weighted by atomic mass is 10.1. The zero-order valence-corrected chi connectivity index (χ0v) is 28.7. The fourth-order valence-electron chi connectivity index (χ4n) is 5.87. The highest BCUT2D eigenvalue weighted by atomic mass is 35.5. The van der Waals surface area contributed by atoms with Crippen LogP contribution < -0.4 is 14.8 Å². The van der Waals surface area contributed by atoms with Crippen LogP contribution in [0.25, 0.3) is 28.2 Å². The second-order valence-corrected chi connectivity index (χ2v) is 12.3. The van der Waals surface area contributed by atoms with Crippen molar-refractivity contribution in [1.82, 2.24) is 29.4 Å². The Labute approximate surface area is 298 Å². The molecule has 0 unspecified atom stereocenters. The molecule has 1 N–H and O–H groups in total. The number of pyridine rings is 1. The minimum Gasteiger partial charge on any atom is -0.493 e. The monoisotopic (exact) mass is 707 g/mol. The van der Waals surface area contributed by atoms with E-state index in [-0.39, 0.29) is 17.5 Å². The summed E-state index contributed by atoms with van der Waals surface area (Å²) >= 11 is 12.6. The van der Waals surface area contributed by atoms with Crippen molar-refractivity contribution in [2.24, 2.45) is 0 Å². The minimum atomic E-state index is -0.249. The first-order valence-electron chi connectivity index (χ1n) is 15.8. The molecule has 0 saturated carbocycles. The summed E-state index contributed by atoms with van der Waals surface area (Å²) in [5.41, 5.74) is 4.86. The van der Waals surface area contributed by atoms with Crippen molar-refractivity contribution in [2.45, 2.75) is 0 Å². The number of ether oxygens (including phenoxy) is 2. The molecule has 0 bridgehead atoms. The third-order valence-electron chi connectivity index (χ3n) is 8.47. The van der Waals surface area contributed by atoms with E-state index < -0.39 is 0 Å². The molecule has 50 heavy (non-hydrogen) atoms. The molecule has 3 aromatic carbocycles. The molecule has 0 atom stereocenters. The number of halogens is 2. The van der Waals surface area contributed by atoms with E-state index in [9.17, 15) is 9.59 Å². The lowest BCUT2D eigenvalue weighted by Gasteiger charge is -2.35. The van der Waals surface area contributed by atoms with E-state index >= 15 is 0 Å². The van der Waals surface area contributed by atoms with E-state index in [1.807, 2.05) is 48.5 Å². The van der Waals surface area contributed by atoms with Gasteiger partial charge in [-0.3, -0.25) is 9.59 Å². The number of hydrogen-bond donors (Lipinski definition) is 1. The van der Waals surface area contributed by atoms with Crippen LogP contribution in [0.15, 0.2) is 97.2 Å². The van der Waals surface area contributed by atoms with Crippen molar-refractivity contribution < 1.29 is 19.1 Å². The van der Waals surface area contributed by atoms with Gasteiger partial charge in [-0.25, -0.2) is 14.5 Å². The predicted molar refractivity (Wildman–Crippen MR) is 193 cm³/mol. The van der Waals surface area contributed by atoms with Gasteiger partial charge in [0.15, 0.2) is 17.1 Å². The van der Waals surface area contributed by atoms with Gasteiger partial charge in [0.1, 0.15) is 11.5 Å². The molecular weight excluding hydrogens is 677 g/mol. The summed E-state index contributed by atoms with van der Waals surface area (Å²) in [6, 6.07) is 27.4. The standard InChI is InChI=1S/C37H31Cl2N7O4/c1-49-32-13-11-25(20-33(32)50-2)41-35-26(9-6-14-40-35)36(47)44-15-17-45(18-16-44)37(48)30-21-31(24-10-12-27(38)28(39)19-24)46-34(42-30)22-29(43-46)23-7-4-3-5-8-23/h3-14,19-22H,15-18H2,1-2H3,(H,40,41). The molecule has 1 aliphatic rings. The van der Waals surface area contributed by atoms with Gasteiger partial charge in [-0.15, -0.1) is 0 Å². The number of carbonyl (C=O) groups is 2. The van der Waals surface area contributed by atoms with Crippen LogP contribution in [-0.2, 0) is 0 Å². The Morgan fingerprint density at radius 2 is 1.48 bits per heavy atom. The van der Waals surface area contributed by atoms with Crippen molar-refractivity contribution in [3.63, 3.8) is 0 Å². The van der Waals surface area contributed by atoms with Gasteiger partial charge < -0.3 is 24.6 Å². The molecule has 0 radical (unpaired) electrons. The van der Waals surface area contributed by atoms with Crippen LogP contribution in [0, 0.1) is 0 Å². The lowest BCUT2D eigenvalue weighted by molar-refractivity contribution is 0.0533. The van der Waals surface area contributed by atoms with Crippen LogP contribution in [0.2, 0.25) is 10.0 Å². The van der Waals surface area contributed by atoms with E-state index in [0.717, 1.165) is 11.1 Å². The molecule has 6 aromatic rings. The molecule has 4 heterocycles. The van der Waals surface area contributed by atoms with E-state index in [0.29, 0.717) is 81.8 Å². The van der Waals surface area contributed by atoms with Gasteiger partial charge in [0, 0.05) is 61.3 Å². The fourth-order valence-corrected chi connectivity index (χ4v) is 6.17. The van der Waals surface area contributed by atoms with Crippen LogP contribution in [0.4, 0.5) is 11.5 Å². The Morgan fingerprint density at radius 1 is 0.740 bits per heavy atom. The number of rotatable bonds is 8. The number of nitrogens with zero attached hydrogens (tertiary/aromatic N) is 6. The molecule has 13 heteroatoms. The van der Waals surface area contributed by atoms with Crippen LogP contribution in [0.3, 0.4) is 0 Å². The maximum absolute atomic E-state index is 14.0. The number of piperazine rings is 1. The first kappa shape index (κ1) is 32.9. The highest BCUT2D eigenvalue weighted by Crippen LogP contribution is 2.33. The first-order valence-corrected chi connectivity index (χ1v) is 16.5. The Morgan fingerprint density at radius 3 is 2.20 bits per heavy atom. The zero-order valence-electron chi connectivity index (χ0n) is 27.1. The van der Waals surface area contributed by atoms with Crippen molar-refractivity contribution in [3.8, 4) is 34.0 Å². The van der Waals surface area contributed by atoms with Gasteiger partial charge >= 0.3 is 0 Å². The molecule has 1 fully saturated rings. The van der Waals surface area contributed by atoms with E-state index in [1.165, 1.54) is 0 Å². The van der Waals surface area contributed by atoms with Crippen LogP contribution in [-0.4, -0.2) is 81.6 Å². The van der Waals surface area contributed by atoms with Crippen molar-refractivity contribution in [3.05, 3.63) is 118 Å². The summed E-state index contributed by atoms with van der Waals surface area (Å²) in [7, 11) is 3.13. The van der Waals surface area contributed by atoms with E-state index in [4.69, 9.17) is 42.8 Å². The summed E-state index contributed by atoms with van der Waals surface area (Å²) < 4.78 is 12.5. The molecule has 0 spiro atoms. The number of carbonyl (C=O) groups excluding carboxylic acids is 2. The summed E-state index contributed by atoms with van der Waals surface area (Å²) in [4.78, 5) is 40.3. The molecule has 2 amide bonds. The average Bonchev–Trinajstić information content (AvgIpc) is 3.60. The fraction of sp³-hybridized carbons (Fsp3) is 0.162. The second-order valence-electron chi connectivity index (χ2n) is 11.5. The van der Waals surface area contributed by atoms with E-state index in [2.05, 4.69) is 10.3 Å². The summed E-state index contributed by atoms with van der Waals surface area (Å²) in [5, 5.41) is 8.85. The van der Waals surface area contributed by atoms with Crippen LogP contribution in [0.5, 0.6) is 11.5 Å². The third kappa shape index (κ3) is 6.52. The van der Waals surface area contributed by atoms with Gasteiger partial charge in [0.2, 0.25) is 0 Å². The summed E-state index contributed by atoms with van der Waals surface area (Å²) in [5.74, 6) is 1.10. The molecule has 11 nitrogen and oxygen atoms in total. The number of nitrogens with one attached hydrogen (secondary N) is 1. The largest absolute Gasteiger partial charge is 0.493 e. The quantitative estimate of drug-likeness (QED) is 0.178. The zero-order chi connectivity index (χ0) is 34.8. The normalized spacial score (nSPS) is 13.0. The smallest absolute Gasteiger partial charge is 0.272 e. The van der Waals surface area contributed by atoms with Crippen molar-refractivity contribution in [2.75, 3.05) is 45.7 Å². The molecule has 7 rings (SSSR count). The highest BCUT2D eigenvalue weighted by Gasteiger charge is 2.28. The van der Waals surface area contributed by atoms with Crippen LogP contribution >= 0.6 is 23.2 Å². The van der Waals surface area contributed by atoms with Gasteiger partial charge in [-0.05, 0) is 42.5 Å². The van der Waals surface area contributed by atoms with Crippen LogP contribution in [0.1, 0.15) is 20.8 Å². The maximum Gasteiger partial charge on any atom is 0.272 e. The Hall–Kier alpha value is -5.65. The predicted octanol–water partition coefficient (Wildman–Crippen LogP) is 7.12. The molecule has 0 aliphatic carbocycles. The summed E-state index contributed by atoms with van der Waals surface area (Å²) in [6.07, 6.45) is 1.62. The number of methoxy groups -OCH3 is 2. The Bertz CT molecular complexity index is 2220. The molecule has 1 saturated heterocycles. The lowest BCUT2D eigenvalue weighted by Crippen LogP contribution is -2.50. The average molecular weight is 709 g/mol. The highest BCUT2D eigenvalue weighted by molar-refractivity contribution is 6.42. The minimum absolute atomic E-state index is 0.192. The van der Waals surface area contributed by atoms with Gasteiger partial charge in [-0.2, -0.15) is 5.10 Å². The molecule has 3 aromatic heterocycles. The Balaban J connectivity index is 1.11. The number of fused-ring (bicyclic) bond motifs is 1. The maximum atomic E-state index is 14.0. The molecule has 1 aliphatic heterocycles. The number of aromatic nitrogens is 4. The molecular formula is C37H31Cl2N7O4. The molecule has 252 valence electrons. The number of amides is 2. The first-order chi connectivity index (χ1) is 24.3. The number of hydrogen-bond acceptors (Lipinski definition) is 8. The van der Waals surface area contributed by atoms with Gasteiger partial charge in [0.25, 0.3) is 11.8 Å². The number of benzene rings is 3. The third-order valence-corrected chi connectivity index (χ3v) is 9.21. The number of anilines is 2.